The van der Waals surface area contributed by atoms with Crippen molar-refractivity contribution in [3.8, 4) is 5.75 Å². The average Bonchev–Trinajstić information content (AvgIpc) is 3.11. The van der Waals surface area contributed by atoms with Crippen molar-refractivity contribution in [3.63, 3.8) is 0 Å². The Labute approximate surface area is 107 Å². The number of rotatable bonds is 4. The normalized spacial score (nSPS) is 14.8. The Balaban J connectivity index is 1.74. The van der Waals surface area contributed by atoms with E-state index in [1.807, 2.05) is 24.7 Å². The van der Waals surface area contributed by atoms with Crippen LogP contribution >= 0.6 is 0 Å². The van der Waals surface area contributed by atoms with Crippen LogP contribution in [0.5, 0.6) is 5.75 Å². The third-order valence-corrected chi connectivity index (χ3v) is 3.62. The fraction of sp³-hybridized carbons (Fsp3) is 0.400. The number of nitrogens with zero attached hydrogens (tertiary/aromatic N) is 2. The van der Waals surface area contributed by atoms with Gasteiger partial charge in [0, 0.05) is 6.04 Å². The van der Waals surface area contributed by atoms with Crippen LogP contribution in [0.1, 0.15) is 35.7 Å². The van der Waals surface area contributed by atoms with Crippen LogP contribution in [0.3, 0.4) is 0 Å². The predicted octanol–water partition coefficient (Wildman–Crippen LogP) is 3.41. The summed E-state index contributed by atoms with van der Waals surface area (Å²) in [5.41, 5.74) is 3.65. The molecule has 94 valence electrons. The lowest BCUT2D eigenvalue weighted by Crippen LogP contribution is -2.04. The third kappa shape index (κ3) is 2.13. The van der Waals surface area contributed by atoms with Crippen molar-refractivity contribution in [2.75, 3.05) is 0 Å². The Morgan fingerprint density at radius 3 is 2.94 bits per heavy atom. The largest absolute Gasteiger partial charge is 0.487 e. The summed E-state index contributed by atoms with van der Waals surface area (Å²) in [6.07, 6.45) is 6.36. The van der Waals surface area contributed by atoms with Crippen LogP contribution in [-0.4, -0.2) is 9.55 Å². The number of hydrogen-bond donors (Lipinski definition) is 0. The highest BCUT2D eigenvalue weighted by molar-refractivity contribution is 5.38. The molecule has 0 N–H and O–H groups in total. The smallest absolute Gasteiger partial charge is 0.130 e. The van der Waals surface area contributed by atoms with E-state index in [0.29, 0.717) is 12.6 Å². The summed E-state index contributed by atoms with van der Waals surface area (Å²) in [5.74, 6) is 0.971. The molecule has 3 nitrogen and oxygen atoms in total. The molecule has 0 bridgehead atoms. The van der Waals surface area contributed by atoms with E-state index >= 15 is 0 Å². The van der Waals surface area contributed by atoms with Crippen LogP contribution < -0.4 is 4.74 Å². The van der Waals surface area contributed by atoms with Gasteiger partial charge in [-0.1, -0.05) is 12.1 Å². The van der Waals surface area contributed by atoms with Gasteiger partial charge in [-0.15, -0.1) is 0 Å². The summed E-state index contributed by atoms with van der Waals surface area (Å²) in [7, 11) is 0. The van der Waals surface area contributed by atoms with Crippen molar-refractivity contribution in [2.45, 2.75) is 39.3 Å². The number of ether oxygens (including phenoxy) is 1. The molecule has 1 aliphatic rings. The van der Waals surface area contributed by atoms with E-state index in [9.17, 15) is 0 Å². The molecule has 0 amide bonds. The SMILES string of the molecule is Cc1cccc(OCc2cncn2C2CC2)c1C. The number of aromatic nitrogens is 2. The summed E-state index contributed by atoms with van der Waals surface area (Å²) < 4.78 is 8.16. The van der Waals surface area contributed by atoms with E-state index in [0.717, 1.165) is 5.75 Å². The second-order valence-corrected chi connectivity index (χ2v) is 5.01. The van der Waals surface area contributed by atoms with Gasteiger partial charge in [0.15, 0.2) is 0 Å². The van der Waals surface area contributed by atoms with Gasteiger partial charge in [0.1, 0.15) is 12.4 Å². The van der Waals surface area contributed by atoms with Gasteiger partial charge >= 0.3 is 0 Å². The Morgan fingerprint density at radius 2 is 2.17 bits per heavy atom. The monoisotopic (exact) mass is 242 g/mol. The fourth-order valence-electron chi connectivity index (χ4n) is 2.16. The minimum Gasteiger partial charge on any atom is -0.487 e. The molecular weight excluding hydrogens is 224 g/mol. The molecular formula is C15H18N2O. The summed E-state index contributed by atoms with van der Waals surface area (Å²) in [6, 6.07) is 6.83. The zero-order chi connectivity index (χ0) is 12.5. The van der Waals surface area contributed by atoms with Crippen LogP contribution in [-0.2, 0) is 6.61 Å². The molecule has 1 fully saturated rings. The van der Waals surface area contributed by atoms with Crippen LogP contribution in [0.25, 0.3) is 0 Å². The molecule has 1 saturated carbocycles. The van der Waals surface area contributed by atoms with E-state index in [4.69, 9.17) is 4.74 Å². The highest BCUT2D eigenvalue weighted by Gasteiger charge is 2.25. The molecule has 18 heavy (non-hydrogen) atoms. The summed E-state index contributed by atoms with van der Waals surface area (Å²) in [4.78, 5) is 4.22. The molecule has 0 spiro atoms. The lowest BCUT2D eigenvalue weighted by Gasteiger charge is -2.12. The zero-order valence-electron chi connectivity index (χ0n) is 10.9. The zero-order valence-corrected chi connectivity index (χ0v) is 10.9. The molecule has 3 heteroatoms. The Hall–Kier alpha value is -1.77. The lowest BCUT2D eigenvalue weighted by atomic mass is 10.1. The van der Waals surface area contributed by atoms with E-state index < -0.39 is 0 Å². The van der Waals surface area contributed by atoms with Crippen molar-refractivity contribution >= 4 is 0 Å². The summed E-state index contributed by atoms with van der Waals surface area (Å²) in [5, 5.41) is 0. The van der Waals surface area contributed by atoms with Crippen molar-refractivity contribution < 1.29 is 4.74 Å². The Morgan fingerprint density at radius 1 is 1.33 bits per heavy atom. The first-order valence-electron chi connectivity index (χ1n) is 6.45. The molecule has 0 radical (unpaired) electrons. The van der Waals surface area contributed by atoms with E-state index in [-0.39, 0.29) is 0 Å². The quantitative estimate of drug-likeness (QED) is 0.821. The van der Waals surface area contributed by atoms with E-state index in [1.54, 1.807) is 0 Å². The fourth-order valence-corrected chi connectivity index (χ4v) is 2.16. The van der Waals surface area contributed by atoms with Crippen molar-refractivity contribution in [3.05, 3.63) is 47.5 Å². The van der Waals surface area contributed by atoms with Crippen LogP contribution in [0, 0.1) is 13.8 Å². The highest BCUT2D eigenvalue weighted by Crippen LogP contribution is 2.35. The topological polar surface area (TPSA) is 27.1 Å². The molecule has 2 aromatic rings. The lowest BCUT2D eigenvalue weighted by molar-refractivity contribution is 0.292. The maximum Gasteiger partial charge on any atom is 0.130 e. The van der Waals surface area contributed by atoms with Gasteiger partial charge in [-0.3, -0.25) is 0 Å². The van der Waals surface area contributed by atoms with Crippen LogP contribution in [0.2, 0.25) is 0 Å². The predicted molar refractivity (Wildman–Crippen MR) is 70.7 cm³/mol. The summed E-state index contributed by atoms with van der Waals surface area (Å²) in [6.45, 7) is 4.81. The van der Waals surface area contributed by atoms with Crippen molar-refractivity contribution in [1.82, 2.24) is 9.55 Å². The van der Waals surface area contributed by atoms with Crippen LogP contribution in [0.15, 0.2) is 30.7 Å². The molecule has 1 aliphatic carbocycles. The maximum absolute atomic E-state index is 5.92. The summed E-state index contributed by atoms with van der Waals surface area (Å²) >= 11 is 0. The molecule has 0 atom stereocenters. The molecule has 1 aromatic carbocycles. The van der Waals surface area contributed by atoms with Gasteiger partial charge in [0.25, 0.3) is 0 Å². The standard InChI is InChI=1S/C15H18N2O/c1-11-4-3-5-15(12(11)2)18-9-14-8-16-10-17(14)13-6-7-13/h3-5,8,10,13H,6-7,9H2,1-2H3. The molecule has 0 aliphatic heterocycles. The van der Waals surface area contributed by atoms with E-state index in [2.05, 4.69) is 29.5 Å². The number of benzene rings is 1. The number of imidazole rings is 1. The maximum atomic E-state index is 5.92. The van der Waals surface area contributed by atoms with Gasteiger partial charge < -0.3 is 9.30 Å². The number of hydrogen-bond acceptors (Lipinski definition) is 2. The first-order valence-corrected chi connectivity index (χ1v) is 6.45. The molecule has 1 aromatic heterocycles. The first kappa shape index (κ1) is 11.3. The Bertz CT molecular complexity index is 555. The molecule has 0 unspecified atom stereocenters. The van der Waals surface area contributed by atoms with Gasteiger partial charge in [-0.05, 0) is 43.9 Å². The second kappa shape index (κ2) is 4.48. The van der Waals surface area contributed by atoms with Crippen LogP contribution in [0.4, 0.5) is 0 Å². The molecule has 1 heterocycles. The van der Waals surface area contributed by atoms with E-state index in [1.165, 1.54) is 29.7 Å². The van der Waals surface area contributed by atoms with Gasteiger partial charge in [0.2, 0.25) is 0 Å². The second-order valence-electron chi connectivity index (χ2n) is 5.01. The minimum absolute atomic E-state index is 0.598. The highest BCUT2D eigenvalue weighted by atomic mass is 16.5. The van der Waals surface area contributed by atoms with Gasteiger partial charge in [-0.25, -0.2) is 4.98 Å². The van der Waals surface area contributed by atoms with Crippen molar-refractivity contribution in [1.29, 1.82) is 0 Å². The first-order chi connectivity index (χ1) is 8.75. The Kier molecular flexibility index (Phi) is 2.82. The average molecular weight is 242 g/mol. The number of aryl methyl sites for hydroxylation is 1. The molecule has 3 rings (SSSR count). The minimum atomic E-state index is 0.598. The third-order valence-electron chi connectivity index (χ3n) is 3.62. The van der Waals surface area contributed by atoms with Gasteiger partial charge in [-0.2, -0.15) is 0 Å². The van der Waals surface area contributed by atoms with Crippen molar-refractivity contribution in [2.24, 2.45) is 0 Å². The molecule has 0 saturated heterocycles. The van der Waals surface area contributed by atoms with Gasteiger partial charge in [0.05, 0.1) is 18.2 Å².